The third-order valence-electron chi connectivity index (χ3n) is 2.41. The molecule has 0 amide bonds. The number of ether oxygens (including phenoxy) is 2. The van der Waals surface area contributed by atoms with Crippen LogP contribution in [0.25, 0.3) is 0 Å². The van der Waals surface area contributed by atoms with E-state index in [-0.39, 0.29) is 23.7 Å². The highest BCUT2D eigenvalue weighted by atomic mass is 19.4. The molecule has 0 radical (unpaired) electrons. The van der Waals surface area contributed by atoms with Crippen LogP contribution in [0.5, 0.6) is 5.75 Å². The van der Waals surface area contributed by atoms with Crippen LogP contribution in [0.2, 0.25) is 0 Å². The molecule has 5 nitrogen and oxygen atoms in total. The Hall–Kier alpha value is -1.80. The van der Waals surface area contributed by atoms with Crippen LogP contribution in [-0.4, -0.2) is 27.0 Å². The van der Waals surface area contributed by atoms with Crippen LogP contribution < -0.4 is 4.74 Å². The van der Waals surface area contributed by atoms with Gasteiger partial charge >= 0.3 is 12.1 Å². The molecule has 0 aliphatic rings. The highest BCUT2D eigenvalue weighted by Gasteiger charge is 2.35. The van der Waals surface area contributed by atoms with Gasteiger partial charge in [0.05, 0.1) is 12.7 Å². The molecule has 0 aliphatic heterocycles. The van der Waals surface area contributed by atoms with Crippen molar-refractivity contribution in [2.75, 3.05) is 21.0 Å². The van der Waals surface area contributed by atoms with Crippen molar-refractivity contribution < 1.29 is 37.2 Å². The Morgan fingerprint density at radius 3 is 2.40 bits per heavy atom. The lowest BCUT2D eigenvalue weighted by Crippen LogP contribution is -2.14. The molecule has 20 heavy (non-hydrogen) atoms. The lowest BCUT2D eigenvalue weighted by molar-refractivity contribution is -0.216. The van der Waals surface area contributed by atoms with E-state index in [9.17, 15) is 18.0 Å². The van der Waals surface area contributed by atoms with Gasteiger partial charge in [0.25, 0.3) is 0 Å². The van der Waals surface area contributed by atoms with Gasteiger partial charge in [0.1, 0.15) is 11.3 Å². The van der Waals surface area contributed by atoms with Crippen LogP contribution in [-0.2, 0) is 20.7 Å². The van der Waals surface area contributed by atoms with Crippen LogP contribution in [0, 0.1) is 6.92 Å². The molecule has 0 heterocycles. The summed E-state index contributed by atoms with van der Waals surface area (Å²) in [6.45, 7) is 0.882. The lowest BCUT2D eigenvalue weighted by atomic mass is 10.0. The van der Waals surface area contributed by atoms with Crippen molar-refractivity contribution in [3.05, 3.63) is 28.8 Å². The SMILES string of the molecule is COCOc1c(C(=O)OOC)ccc(C(F)(F)F)c1C. The fraction of sp³-hybridized carbons (Fsp3) is 0.417. The molecule has 0 aromatic heterocycles. The second kappa shape index (κ2) is 6.58. The van der Waals surface area contributed by atoms with Gasteiger partial charge in [-0.3, -0.25) is 4.89 Å². The smallest absolute Gasteiger partial charge is 0.416 e. The Kier molecular flexibility index (Phi) is 5.34. The van der Waals surface area contributed by atoms with Gasteiger partial charge in [-0.15, -0.1) is 0 Å². The number of carbonyl (C=O) groups is 1. The van der Waals surface area contributed by atoms with Crippen LogP contribution in [0.15, 0.2) is 12.1 Å². The first-order valence-corrected chi connectivity index (χ1v) is 5.40. The van der Waals surface area contributed by atoms with Gasteiger partial charge in [-0.2, -0.15) is 18.1 Å². The Morgan fingerprint density at radius 2 is 1.90 bits per heavy atom. The fourth-order valence-corrected chi connectivity index (χ4v) is 1.58. The number of rotatable bonds is 5. The highest BCUT2D eigenvalue weighted by molar-refractivity contribution is 5.93. The van der Waals surface area contributed by atoms with Gasteiger partial charge < -0.3 is 9.47 Å². The molecule has 0 saturated heterocycles. The molecule has 1 rings (SSSR count). The molecule has 0 aliphatic carbocycles. The fourth-order valence-electron chi connectivity index (χ4n) is 1.58. The summed E-state index contributed by atoms with van der Waals surface area (Å²) >= 11 is 0. The number of halogens is 3. The Labute approximate surface area is 113 Å². The molecule has 0 atom stereocenters. The Morgan fingerprint density at radius 1 is 1.25 bits per heavy atom. The predicted molar refractivity (Wildman–Crippen MR) is 61.1 cm³/mol. The predicted octanol–water partition coefficient (Wildman–Crippen LogP) is 2.71. The molecule has 112 valence electrons. The van der Waals surface area contributed by atoms with Gasteiger partial charge in [0.2, 0.25) is 0 Å². The van der Waals surface area contributed by atoms with E-state index in [0.717, 1.165) is 19.2 Å². The number of alkyl halides is 3. The quantitative estimate of drug-likeness (QED) is 0.475. The maximum Gasteiger partial charge on any atom is 0.416 e. The molecular formula is C12H13F3O5. The maximum absolute atomic E-state index is 12.8. The van der Waals surface area contributed by atoms with Crippen molar-refractivity contribution in [2.45, 2.75) is 13.1 Å². The Bertz CT molecular complexity index is 485. The van der Waals surface area contributed by atoms with Gasteiger partial charge in [-0.05, 0) is 19.1 Å². The standard InChI is InChI=1S/C12H13F3O5/c1-7-9(12(13,14)15)5-4-8(11(16)20-18-3)10(7)19-6-17-2/h4-5H,6H2,1-3H3. The zero-order valence-electron chi connectivity index (χ0n) is 11.0. The van der Waals surface area contributed by atoms with Crippen LogP contribution in [0.1, 0.15) is 21.5 Å². The molecule has 0 spiro atoms. The monoisotopic (exact) mass is 294 g/mol. The average molecular weight is 294 g/mol. The van der Waals surface area contributed by atoms with Crippen molar-refractivity contribution in [3.8, 4) is 5.75 Å². The normalized spacial score (nSPS) is 11.3. The zero-order valence-corrected chi connectivity index (χ0v) is 11.0. The zero-order chi connectivity index (χ0) is 15.3. The number of hydrogen-bond donors (Lipinski definition) is 0. The van der Waals surface area contributed by atoms with Crippen molar-refractivity contribution in [1.29, 1.82) is 0 Å². The van der Waals surface area contributed by atoms with E-state index < -0.39 is 17.7 Å². The first kappa shape index (κ1) is 16.3. The van der Waals surface area contributed by atoms with Crippen molar-refractivity contribution >= 4 is 5.97 Å². The third kappa shape index (κ3) is 3.61. The largest absolute Gasteiger partial charge is 0.466 e. The number of benzene rings is 1. The summed E-state index contributed by atoms with van der Waals surface area (Å²) in [4.78, 5) is 20.1. The molecule has 0 fully saturated rings. The molecule has 0 N–H and O–H groups in total. The topological polar surface area (TPSA) is 54.0 Å². The average Bonchev–Trinajstić information content (AvgIpc) is 2.35. The van der Waals surface area contributed by atoms with Crippen molar-refractivity contribution in [2.24, 2.45) is 0 Å². The van der Waals surface area contributed by atoms with E-state index in [0.29, 0.717) is 0 Å². The van der Waals surface area contributed by atoms with E-state index in [1.807, 2.05) is 0 Å². The summed E-state index contributed by atoms with van der Waals surface area (Å²) in [6, 6.07) is 1.74. The van der Waals surface area contributed by atoms with Crippen molar-refractivity contribution in [1.82, 2.24) is 0 Å². The van der Waals surface area contributed by atoms with Gasteiger partial charge in [-0.1, -0.05) is 0 Å². The highest BCUT2D eigenvalue weighted by Crippen LogP contribution is 2.37. The van der Waals surface area contributed by atoms with Crippen LogP contribution in [0.3, 0.4) is 0 Å². The summed E-state index contributed by atoms with van der Waals surface area (Å²) in [6.07, 6.45) is -4.56. The molecular weight excluding hydrogens is 281 g/mol. The van der Waals surface area contributed by atoms with Gasteiger partial charge in [-0.25, -0.2) is 4.79 Å². The molecule has 0 unspecified atom stereocenters. The molecule has 0 bridgehead atoms. The summed E-state index contributed by atoms with van der Waals surface area (Å²) in [5, 5.41) is 0. The van der Waals surface area contributed by atoms with E-state index >= 15 is 0 Å². The first-order valence-electron chi connectivity index (χ1n) is 5.40. The minimum absolute atomic E-state index is 0.186. The molecule has 1 aromatic rings. The van der Waals surface area contributed by atoms with Crippen LogP contribution in [0.4, 0.5) is 13.2 Å². The lowest BCUT2D eigenvalue weighted by Gasteiger charge is -2.17. The summed E-state index contributed by atoms with van der Waals surface area (Å²) in [7, 11) is 2.40. The number of carbonyl (C=O) groups excluding carboxylic acids is 1. The third-order valence-corrected chi connectivity index (χ3v) is 2.41. The van der Waals surface area contributed by atoms with E-state index in [2.05, 4.69) is 14.5 Å². The number of methoxy groups -OCH3 is 1. The minimum atomic E-state index is -4.56. The second-order valence-corrected chi connectivity index (χ2v) is 3.70. The second-order valence-electron chi connectivity index (χ2n) is 3.70. The van der Waals surface area contributed by atoms with Gasteiger partial charge in [0, 0.05) is 12.7 Å². The number of hydrogen-bond acceptors (Lipinski definition) is 5. The molecule has 8 heteroatoms. The van der Waals surface area contributed by atoms with E-state index in [1.165, 1.54) is 14.0 Å². The van der Waals surface area contributed by atoms with Crippen molar-refractivity contribution in [3.63, 3.8) is 0 Å². The minimum Gasteiger partial charge on any atom is -0.466 e. The van der Waals surface area contributed by atoms with Crippen LogP contribution >= 0.6 is 0 Å². The maximum atomic E-state index is 12.8. The summed E-state index contributed by atoms with van der Waals surface area (Å²) in [5.41, 5.74) is -1.33. The molecule has 0 saturated carbocycles. The first-order chi connectivity index (χ1) is 9.32. The summed E-state index contributed by atoms with van der Waals surface area (Å²) < 4.78 is 48.1. The van der Waals surface area contributed by atoms with Gasteiger partial charge in [0.15, 0.2) is 6.79 Å². The van der Waals surface area contributed by atoms with E-state index in [4.69, 9.17) is 4.74 Å². The van der Waals surface area contributed by atoms with E-state index in [1.54, 1.807) is 0 Å². The Balaban J connectivity index is 3.32. The summed E-state index contributed by atoms with van der Waals surface area (Å²) in [5.74, 6) is -1.22. The molecule has 1 aromatic carbocycles.